The van der Waals surface area contributed by atoms with Crippen molar-refractivity contribution in [2.24, 2.45) is 0 Å². The Balaban J connectivity index is 0.000000244. The van der Waals surface area contributed by atoms with E-state index < -0.39 is 85.4 Å². The summed E-state index contributed by atoms with van der Waals surface area (Å²) in [5.41, 5.74) is 10.8. The largest absolute Gasteiger partial charge is 0.408 e. The second-order valence-electron chi connectivity index (χ2n) is 35.3. The molecule has 658 valence electrons. The van der Waals surface area contributed by atoms with Crippen molar-refractivity contribution in [1.29, 1.82) is 5.26 Å². The molecule has 23 nitrogen and oxygen atoms in total. The number of aliphatic hydroxyl groups excluding tert-OH is 1. The fourth-order valence-corrected chi connectivity index (χ4v) is 19.6. The number of fused-ring (bicyclic) bond motifs is 2. The standard InChI is InChI=1S/C53H66N7O6PSi.C44H49N5O5Si.2CH4/c1-36(2)60(37(3)4)67(63-32-18-31-54)65-47-46(66-68(10,11)52(7,8)9)44(64-51(47)59-35-57-45-48(55-34-56-49(45)59)58-50(61)40-19-14-12-15-20-40)33-62-53(41-21-16-13-17-22-41,42-27-23-38(5)24-28-42)43-29-25-39(6)26-30-43;1-29-18-22-33(23-19-29)44(32-16-12-9-13-17-32,34-24-20-30(2)21-25-34)52-26-35-38(54-55(6,7)43(3,4)5)37(50)42(53-35)49-28-47-36-39(45-27-46-40(36)49)48-41(51)31-14-10-8-11-15-31;;/h12-17,19-30,34-37,44,46-47,51H,18,32-33H2,1-11H3,(H,55,56,58,61);8-25,27-28,35,37-38,42,50H,26H2,1-7H3,(H,45,46,48,51);2*1H4/t44-,46?,47+,51-,67?;35-,37+,38?,42-;;/m11../s1. The molecule has 0 spiro atoms. The third-order valence-corrected chi connectivity index (χ3v) is 34.9. The van der Waals surface area contributed by atoms with Gasteiger partial charge in [0, 0.05) is 23.2 Å². The molecule has 2 fully saturated rings. The highest BCUT2D eigenvalue weighted by Crippen LogP contribution is 2.54. The SMILES string of the molecule is C.C.Cc1ccc(C(OC[C@H]2O[C@@H](n3cnc4c(NC(=O)c5ccccc5)ncnc43)[C@@H](O)C2O[Si](C)(C)C(C)(C)C)(c2ccccc2)c2ccc(C)cc2)cc1.Cc1ccc(C(OC[C@H]2O[C@@H](n3cnc4c(NC(=O)c5ccccc5)ncnc43)[C@@H](OP(OCCC#N)N(C(C)C)C(C)C)C2O[Si](C)(C)C(C)(C)C)(c2ccccc2)c2ccc(C)cc2)cc1. The molecule has 2 saturated heterocycles. The van der Waals surface area contributed by atoms with Gasteiger partial charge < -0.3 is 52.6 Å². The molecule has 14 rings (SSSR count). The average Bonchev–Trinajstić information content (AvgIpc) is 1.73. The molecule has 3 unspecified atom stereocenters. The Hall–Kier alpha value is -10.2. The van der Waals surface area contributed by atoms with Crippen LogP contribution in [0.5, 0.6) is 0 Å². The summed E-state index contributed by atoms with van der Waals surface area (Å²) in [6.45, 7) is 39.0. The Morgan fingerprint density at radius 1 is 0.488 bits per heavy atom. The van der Waals surface area contributed by atoms with Gasteiger partial charge in [-0.25, -0.2) is 34.6 Å². The van der Waals surface area contributed by atoms with Gasteiger partial charge in [0.05, 0.1) is 45.0 Å². The number of nitrogens with zero attached hydrogens (tertiary/aromatic N) is 10. The van der Waals surface area contributed by atoms with Gasteiger partial charge in [0.25, 0.3) is 20.3 Å². The van der Waals surface area contributed by atoms with Gasteiger partial charge in [-0.1, -0.05) is 273 Å². The number of ether oxygens (including phenoxy) is 4. The van der Waals surface area contributed by atoms with Crippen LogP contribution in [0.15, 0.2) is 244 Å². The van der Waals surface area contributed by atoms with Crippen molar-refractivity contribution in [3.05, 3.63) is 310 Å². The molecular formula is C99H123N12O11PSi2. The normalized spacial score (nSPS) is 18.4. The Bertz CT molecular complexity index is 5460. The van der Waals surface area contributed by atoms with Crippen LogP contribution in [-0.2, 0) is 48.0 Å². The van der Waals surface area contributed by atoms with Crippen molar-refractivity contribution in [2.75, 3.05) is 30.5 Å². The lowest BCUT2D eigenvalue weighted by Crippen LogP contribution is -2.51. The van der Waals surface area contributed by atoms with Crippen LogP contribution in [0.4, 0.5) is 11.6 Å². The van der Waals surface area contributed by atoms with E-state index in [0.29, 0.717) is 33.5 Å². The number of hydrogen-bond donors (Lipinski definition) is 3. The number of aryl methyl sites for hydroxylation is 4. The van der Waals surface area contributed by atoms with E-state index in [1.165, 1.54) is 12.7 Å². The number of nitrogens with one attached hydrogen (secondary N) is 2. The fourth-order valence-electron chi connectivity index (χ4n) is 15.2. The highest BCUT2D eigenvalue weighted by molar-refractivity contribution is 7.44. The Morgan fingerprint density at radius 3 is 1.18 bits per heavy atom. The first-order chi connectivity index (χ1) is 58.7. The molecule has 0 radical (unpaired) electrons. The maximum Gasteiger partial charge on any atom is 0.259 e. The minimum Gasteiger partial charge on any atom is -0.408 e. The Morgan fingerprint density at radius 2 is 0.824 bits per heavy atom. The van der Waals surface area contributed by atoms with Crippen LogP contribution in [0.2, 0.25) is 36.3 Å². The van der Waals surface area contributed by atoms with E-state index in [1.54, 1.807) is 53.6 Å². The zero-order valence-electron chi connectivity index (χ0n) is 73.6. The first kappa shape index (κ1) is 95.4. The van der Waals surface area contributed by atoms with E-state index in [4.69, 9.17) is 46.8 Å². The molecule has 8 aromatic carbocycles. The molecule has 0 saturated carbocycles. The number of nitriles is 1. The zero-order chi connectivity index (χ0) is 87.8. The summed E-state index contributed by atoms with van der Waals surface area (Å²) in [4.78, 5) is 54.0. The first-order valence-corrected chi connectivity index (χ1v) is 49.0. The molecule has 9 atom stereocenters. The number of aromatic nitrogens is 8. The van der Waals surface area contributed by atoms with Crippen LogP contribution in [0.25, 0.3) is 22.3 Å². The number of carbonyl (C=O) groups excluding carboxylic acids is 2. The quantitative estimate of drug-likeness (QED) is 0.0163. The number of anilines is 2. The molecular weight excluding hydrogens is 1620 g/mol. The maximum absolute atomic E-state index is 13.5. The van der Waals surface area contributed by atoms with Crippen molar-refractivity contribution < 1.29 is 51.5 Å². The second kappa shape index (κ2) is 40.6. The molecule has 2 aliphatic rings. The van der Waals surface area contributed by atoms with Crippen molar-refractivity contribution in [1.82, 2.24) is 43.7 Å². The summed E-state index contributed by atoms with van der Waals surface area (Å²) >= 11 is 0. The van der Waals surface area contributed by atoms with E-state index >= 15 is 0 Å². The van der Waals surface area contributed by atoms with Crippen LogP contribution in [-0.4, -0.2) is 146 Å². The molecule has 26 heteroatoms. The molecule has 6 heterocycles. The van der Waals surface area contributed by atoms with Crippen LogP contribution in [0.3, 0.4) is 0 Å². The Labute approximate surface area is 740 Å². The minimum atomic E-state index is -2.62. The molecule has 4 aromatic heterocycles. The molecule has 0 bridgehead atoms. The first-order valence-electron chi connectivity index (χ1n) is 42.1. The van der Waals surface area contributed by atoms with Crippen LogP contribution in [0, 0.1) is 39.0 Å². The lowest BCUT2D eigenvalue weighted by atomic mass is 9.79. The summed E-state index contributed by atoms with van der Waals surface area (Å²) in [5, 5.41) is 27.3. The van der Waals surface area contributed by atoms with Crippen molar-refractivity contribution >= 4 is 70.9 Å². The lowest BCUT2D eigenvalue weighted by molar-refractivity contribution is -0.0930. The number of amides is 2. The van der Waals surface area contributed by atoms with Gasteiger partial charge >= 0.3 is 0 Å². The monoisotopic (exact) mass is 1740 g/mol. The average molecular weight is 1740 g/mol. The fraction of sp³-hybridized carbons (Fsp3) is 0.384. The van der Waals surface area contributed by atoms with E-state index in [2.05, 4.69) is 286 Å². The van der Waals surface area contributed by atoms with Crippen LogP contribution in [0.1, 0.15) is 179 Å². The van der Waals surface area contributed by atoms with E-state index in [0.717, 1.165) is 55.6 Å². The minimum absolute atomic E-state index is 0. The summed E-state index contributed by atoms with van der Waals surface area (Å²) in [5.74, 6) is -0.145. The van der Waals surface area contributed by atoms with Crippen molar-refractivity contribution in [2.45, 2.75) is 227 Å². The molecule has 3 N–H and O–H groups in total. The number of rotatable bonds is 30. The number of imidazole rings is 2. The van der Waals surface area contributed by atoms with Gasteiger partial charge in [-0.3, -0.25) is 18.7 Å². The van der Waals surface area contributed by atoms with Crippen molar-refractivity contribution in [3.63, 3.8) is 0 Å². The molecule has 2 amide bonds. The predicted molar refractivity (Wildman–Crippen MR) is 500 cm³/mol. The van der Waals surface area contributed by atoms with Gasteiger partial charge in [-0.2, -0.15) is 5.26 Å². The van der Waals surface area contributed by atoms with Gasteiger partial charge in [0.1, 0.15) is 60.5 Å². The number of carbonyl (C=O) groups is 2. The summed E-state index contributed by atoms with van der Waals surface area (Å²) in [7, 11) is -6.88. The Kier molecular flexibility index (Phi) is 31.0. The lowest BCUT2D eigenvalue weighted by Gasteiger charge is -2.43. The van der Waals surface area contributed by atoms with Gasteiger partial charge in [-0.05, 0) is 149 Å². The van der Waals surface area contributed by atoms with Gasteiger partial charge in [0.2, 0.25) is 0 Å². The van der Waals surface area contributed by atoms with E-state index in [-0.39, 0.29) is 86.7 Å². The number of aliphatic hydroxyl groups is 1. The van der Waals surface area contributed by atoms with E-state index in [9.17, 15) is 20.0 Å². The molecule has 12 aromatic rings. The summed E-state index contributed by atoms with van der Waals surface area (Å²) < 4.78 is 63.4. The zero-order valence-corrected chi connectivity index (χ0v) is 76.5. The highest BCUT2D eigenvalue weighted by Gasteiger charge is 2.56. The molecule has 2 aliphatic heterocycles. The smallest absolute Gasteiger partial charge is 0.259 e. The third kappa shape index (κ3) is 20.9. The second-order valence-corrected chi connectivity index (χ2v) is 46.3. The number of benzene rings is 8. The summed E-state index contributed by atoms with van der Waals surface area (Å²) in [6, 6.07) is 74.5. The summed E-state index contributed by atoms with van der Waals surface area (Å²) in [6.07, 6.45) is -0.400. The topological polar surface area (TPSA) is 266 Å². The maximum atomic E-state index is 13.5. The molecule has 125 heavy (non-hydrogen) atoms. The van der Waals surface area contributed by atoms with Gasteiger partial charge in [-0.15, -0.1) is 0 Å². The number of hydrogen-bond acceptors (Lipinski definition) is 19. The third-order valence-electron chi connectivity index (χ3n) is 23.9. The predicted octanol–water partition coefficient (Wildman–Crippen LogP) is 21.3. The van der Waals surface area contributed by atoms with Crippen molar-refractivity contribution in [3.8, 4) is 6.07 Å². The van der Waals surface area contributed by atoms with Crippen LogP contribution < -0.4 is 10.6 Å². The highest BCUT2D eigenvalue weighted by atomic mass is 31.2. The van der Waals surface area contributed by atoms with E-state index in [1.807, 2.05) is 65.2 Å². The molecule has 0 aliphatic carbocycles. The van der Waals surface area contributed by atoms with Gasteiger partial charge in [0.15, 0.2) is 63.1 Å². The van der Waals surface area contributed by atoms with Crippen LogP contribution >= 0.6 is 8.53 Å².